The van der Waals surface area contributed by atoms with Gasteiger partial charge in [-0.2, -0.15) is 0 Å². The second kappa shape index (κ2) is 45.3. The molecular weight excluding hydrogens is 799 g/mol. The zero-order valence-electron chi connectivity index (χ0n) is 40.9. The summed E-state index contributed by atoms with van der Waals surface area (Å²) in [7, 11) is 5.50. The van der Waals surface area contributed by atoms with Crippen LogP contribution in [0.3, 0.4) is 0 Å². The predicted molar refractivity (Wildman–Crippen MR) is 270 cm³/mol. The van der Waals surface area contributed by atoms with E-state index in [0.717, 1.165) is 128 Å². The van der Waals surface area contributed by atoms with Crippen molar-refractivity contribution in [3.8, 4) is 0 Å². The number of nitrogens with zero attached hydrogens (tertiary/aromatic N) is 1. The monoisotopic (exact) mass is 889 g/mol. The molecule has 2 unspecified atom stereocenters. The van der Waals surface area contributed by atoms with Gasteiger partial charge in [-0.1, -0.05) is 161 Å². The number of quaternary nitrogens is 1. The van der Waals surface area contributed by atoms with E-state index in [2.05, 4.69) is 135 Å². The molecule has 0 amide bonds. The Morgan fingerprint density at radius 2 is 0.828 bits per heavy atom. The van der Waals surface area contributed by atoms with Gasteiger partial charge < -0.3 is 23.8 Å². The quantitative estimate of drug-likeness (QED) is 0.0282. The van der Waals surface area contributed by atoms with Crippen molar-refractivity contribution in [2.45, 2.75) is 174 Å². The molecular formula is C56H90NO7+. The average Bonchev–Trinajstić information content (AvgIpc) is 3.26. The van der Waals surface area contributed by atoms with Crippen molar-refractivity contribution >= 4 is 17.9 Å². The van der Waals surface area contributed by atoms with Gasteiger partial charge in [0.2, 0.25) is 0 Å². The van der Waals surface area contributed by atoms with Gasteiger partial charge in [0.05, 0.1) is 34.4 Å². The van der Waals surface area contributed by atoms with Crippen molar-refractivity contribution in [2.24, 2.45) is 0 Å². The van der Waals surface area contributed by atoms with Gasteiger partial charge >= 0.3 is 17.9 Å². The molecule has 0 fully saturated rings. The topological polar surface area (TPSA) is 99.1 Å². The standard InChI is InChI=1S/C56H89NO7/c1-6-8-10-12-14-16-18-20-22-24-26-28-30-32-34-36-38-40-42-44-46-54(58)63-51-52(50-62-49-48-53(56(60)61)57(3,4)5)64-55(59)47-45-43-41-39-37-35-33-31-29-27-25-23-21-19-17-15-13-11-9-7-2/h8-11,14-17,20-23,26-29,32-35,52-53H,6-7,12-13,18-19,24-25,30-31,36-51H2,1-5H3/p+1/b10-8+,11-9+,16-14+,17-15+,22-20+,23-21+,28-26+,29-27+,34-32+,35-33+. The summed E-state index contributed by atoms with van der Waals surface area (Å²) in [5.74, 6) is -1.55. The van der Waals surface area contributed by atoms with E-state index in [1.54, 1.807) is 0 Å². The van der Waals surface area contributed by atoms with Crippen LogP contribution in [0, 0.1) is 0 Å². The molecule has 0 aromatic carbocycles. The minimum absolute atomic E-state index is 0.0333. The van der Waals surface area contributed by atoms with Gasteiger partial charge in [0.1, 0.15) is 6.61 Å². The molecule has 0 bridgehead atoms. The molecule has 0 aliphatic heterocycles. The van der Waals surface area contributed by atoms with Crippen LogP contribution in [0.25, 0.3) is 0 Å². The molecule has 0 aliphatic carbocycles. The number of esters is 2. The largest absolute Gasteiger partial charge is 0.477 e. The van der Waals surface area contributed by atoms with E-state index in [0.29, 0.717) is 12.8 Å². The highest BCUT2D eigenvalue weighted by molar-refractivity contribution is 5.72. The second-order valence-corrected chi connectivity index (χ2v) is 17.0. The highest BCUT2D eigenvalue weighted by Crippen LogP contribution is 2.12. The van der Waals surface area contributed by atoms with Crippen LogP contribution in [0.15, 0.2) is 122 Å². The molecule has 0 saturated carbocycles. The number of carboxylic acid groups (broad SMARTS) is 1. The lowest BCUT2D eigenvalue weighted by Gasteiger charge is -2.31. The van der Waals surface area contributed by atoms with E-state index in [-0.39, 0.29) is 42.7 Å². The van der Waals surface area contributed by atoms with E-state index < -0.39 is 18.1 Å². The number of likely N-dealkylation sites (N-methyl/N-ethyl adjacent to an activating group) is 1. The number of aliphatic carboxylic acids is 1. The average molecular weight is 889 g/mol. The molecule has 0 saturated heterocycles. The van der Waals surface area contributed by atoms with Crippen LogP contribution in [-0.2, 0) is 28.6 Å². The normalized spacial score (nSPS) is 14.0. The fourth-order valence-corrected chi connectivity index (χ4v) is 6.38. The number of unbranched alkanes of at least 4 members (excludes halogenated alkanes) is 8. The molecule has 64 heavy (non-hydrogen) atoms. The molecule has 0 heterocycles. The summed E-state index contributed by atoms with van der Waals surface area (Å²) >= 11 is 0. The van der Waals surface area contributed by atoms with E-state index in [1.165, 1.54) is 0 Å². The lowest BCUT2D eigenvalue weighted by Crippen LogP contribution is -2.50. The summed E-state index contributed by atoms with van der Waals surface area (Å²) in [6, 6.07) is -0.632. The van der Waals surface area contributed by atoms with Gasteiger partial charge in [-0.05, 0) is 103 Å². The Morgan fingerprint density at radius 1 is 0.469 bits per heavy atom. The Hall–Kier alpha value is -4.27. The smallest absolute Gasteiger partial charge is 0.362 e. The summed E-state index contributed by atoms with van der Waals surface area (Å²) < 4.78 is 17.3. The van der Waals surface area contributed by atoms with Crippen LogP contribution in [0.2, 0.25) is 0 Å². The van der Waals surface area contributed by atoms with Crippen LogP contribution >= 0.6 is 0 Å². The zero-order valence-corrected chi connectivity index (χ0v) is 40.9. The Labute approximate surface area is 391 Å². The number of hydrogen-bond donors (Lipinski definition) is 1. The maximum atomic E-state index is 12.8. The maximum Gasteiger partial charge on any atom is 0.362 e. The van der Waals surface area contributed by atoms with Crippen molar-refractivity contribution in [1.82, 2.24) is 0 Å². The molecule has 360 valence electrons. The van der Waals surface area contributed by atoms with Crippen LogP contribution < -0.4 is 0 Å². The molecule has 0 radical (unpaired) electrons. The number of rotatable bonds is 42. The van der Waals surface area contributed by atoms with Gasteiger partial charge in [-0.15, -0.1) is 0 Å². The molecule has 0 rings (SSSR count). The summed E-state index contributed by atoms with van der Waals surface area (Å²) in [5, 5.41) is 9.65. The second-order valence-electron chi connectivity index (χ2n) is 17.0. The third-order valence-corrected chi connectivity index (χ3v) is 10.1. The summed E-state index contributed by atoms with van der Waals surface area (Å²) in [4.78, 5) is 37.1. The lowest BCUT2D eigenvalue weighted by atomic mass is 10.1. The number of carboxylic acids is 1. The van der Waals surface area contributed by atoms with Crippen molar-refractivity contribution in [3.05, 3.63) is 122 Å². The van der Waals surface area contributed by atoms with Gasteiger partial charge in [-0.3, -0.25) is 9.59 Å². The fourth-order valence-electron chi connectivity index (χ4n) is 6.38. The lowest BCUT2D eigenvalue weighted by molar-refractivity contribution is -0.887. The van der Waals surface area contributed by atoms with Crippen molar-refractivity contribution in [3.63, 3.8) is 0 Å². The first-order chi connectivity index (χ1) is 31.1. The number of allylic oxidation sites excluding steroid dienone is 20. The van der Waals surface area contributed by atoms with E-state index in [4.69, 9.17) is 14.2 Å². The maximum absolute atomic E-state index is 12.8. The fraction of sp³-hybridized carbons (Fsp3) is 0.589. The van der Waals surface area contributed by atoms with Crippen molar-refractivity contribution in [2.75, 3.05) is 41.0 Å². The Kier molecular flexibility index (Phi) is 42.3. The van der Waals surface area contributed by atoms with Crippen LogP contribution in [0.5, 0.6) is 0 Å². The van der Waals surface area contributed by atoms with Crippen molar-refractivity contribution < 1.29 is 38.2 Å². The molecule has 1 N–H and O–H groups in total. The third kappa shape index (κ3) is 43.0. The molecule has 8 heteroatoms. The molecule has 0 aliphatic rings. The predicted octanol–water partition coefficient (Wildman–Crippen LogP) is 14.2. The highest BCUT2D eigenvalue weighted by Gasteiger charge is 2.31. The Balaban J connectivity index is 4.42. The number of carbonyl (C=O) groups excluding carboxylic acids is 2. The zero-order chi connectivity index (χ0) is 47.0. The van der Waals surface area contributed by atoms with Gasteiger partial charge in [0.15, 0.2) is 12.1 Å². The van der Waals surface area contributed by atoms with Crippen LogP contribution in [-0.4, -0.2) is 80.6 Å². The third-order valence-electron chi connectivity index (χ3n) is 10.1. The van der Waals surface area contributed by atoms with Gasteiger partial charge in [-0.25, -0.2) is 4.79 Å². The van der Waals surface area contributed by atoms with Crippen molar-refractivity contribution in [1.29, 1.82) is 0 Å². The first-order valence-corrected chi connectivity index (χ1v) is 24.6. The minimum Gasteiger partial charge on any atom is -0.477 e. The van der Waals surface area contributed by atoms with E-state index in [9.17, 15) is 19.5 Å². The molecule has 8 nitrogen and oxygen atoms in total. The van der Waals surface area contributed by atoms with Crippen LogP contribution in [0.1, 0.15) is 162 Å². The SMILES string of the molecule is CC/C=C/C/C=C/C/C=C/C/C=C/C/C=C/CCCCCCC(=O)OCC(COCCC(C(=O)O)[N+](C)(C)C)OC(=O)CCCCCC/C=C/C/C=C/C/C=C/C/C=C/C/C=C/CC. The number of ether oxygens (including phenoxy) is 3. The molecule has 2 atom stereocenters. The van der Waals surface area contributed by atoms with E-state index in [1.807, 2.05) is 21.1 Å². The molecule has 0 spiro atoms. The molecule has 0 aromatic rings. The summed E-state index contributed by atoms with van der Waals surface area (Å²) in [6.07, 6.45) is 63.9. The first-order valence-electron chi connectivity index (χ1n) is 24.6. The van der Waals surface area contributed by atoms with Gasteiger partial charge in [0, 0.05) is 19.3 Å². The number of carbonyl (C=O) groups is 3. The minimum atomic E-state index is -0.889. The van der Waals surface area contributed by atoms with Crippen LogP contribution in [0.4, 0.5) is 0 Å². The molecule has 0 aromatic heterocycles. The van der Waals surface area contributed by atoms with E-state index >= 15 is 0 Å². The van der Waals surface area contributed by atoms with Gasteiger partial charge in [0.25, 0.3) is 0 Å². The first kappa shape index (κ1) is 59.7. The summed E-state index contributed by atoms with van der Waals surface area (Å²) in [5.41, 5.74) is 0. The Bertz CT molecular complexity index is 1450. The number of hydrogen-bond acceptors (Lipinski definition) is 6. The highest BCUT2D eigenvalue weighted by atomic mass is 16.6. The Morgan fingerprint density at radius 3 is 1.20 bits per heavy atom. The summed E-state index contributed by atoms with van der Waals surface area (Å²) in [6.45, 7) is 4.43.